The van der Waals surface area contributed by atoms with Crippen molar-refractivity contribution in [3.8, 4) is 44.9 Å². The van der Waals surface area contributed by atoms with Crippen LogP contribution in [0.4, 0.5) is 0 Å². The van der Waals surface area contributed by atoms with Gasteiger partial charge in [0.05, 0.1) is 23.0 Å². The van der Waals surface area contributed by atoms with Crippen molar-refractivity contribution in [3.63, 3.8) is 0 Å². The van der Waals surface area contributed by atoms with Gasteiger partial charge in [0.1, 0.15) is 0 Å². The Kier molecular flexibility index (Phi) is 13.2. The summed E-state index contributed by atoms with van der Waals surface area (Å²) in [5.41, 5.74) is 12.9. The van der Waals surface area contributed by atoms with Gasteiger partial charge in [-0.25, -0.2) is 0 Å². The molecule has 2 heterocycles. The van der Waals surface area contributed by atoms with Gasteiger partial charge in [0, 0.05) is 0 Å². The molecule has 8 aromatic rings. The second-order valence-corrected chi connectivity index (χ2v) is 37.1. The van der Waals surface area contributed by atoms with Gasteiger partial charge in [0.2, 0.25) is 0 Å². The fourth-order valence-corrected chi connectivity index (χ4v) is 7.19. The Balaban J connectivity index is 0.000000160. The van der Waals surface area contributed by atoms with E-state index in [1.54, 1.807) is 0 Å². The average Bonchev–Trinajstić information content (AvgIpc) is 3.99. The molecule has 0 aliphatic carbocycles. The van der Waals surface area contributed by atoms with Crippen LogP contribution in [-0.2, 0) is 30.8 Å². The fourth-order valence-electron chi connectivity index (χ4n) is 7.19. The minimum atomic E-state index is -1.65. The van der Waals surface area contributed by atoms with Gasteiger partial charge in [-0.05, 0) is 87.1 Å². The maximum absolute atomic E-state index is 5.83. The van der Waals surface area contributed by atoms with E-state index in [-0.39, 0.29) is 5.43 Å². The first-order valence-corrected chi connectivity index (χ1v) is 31.2. The molecule has 6 aromatic carbocycles. The van der Waals surface area contributed by atoms with E-state index in [0.29, 0.717) is 0 Å². The molecule has 0 radical (unpaired) electrons. The Morgan fingerprint density at radius 3 is 1.22 bits per heavy atom. The number of furan rings is 2. The SMILES string of the molecule is CCc1cc2[cH-]c(-c3ccc(C)o3)cc2c(-c2ccccc2)c1C.CCc1cc2[cH-]c(-c3ccc(C)o3)cc2c(-c2ccccc2)c1C.C[Si](C)=[Zr]([Cl])[Cl]. The Hall–Kier alpha value is -3.66. The molecule has 2 nitrogen and oxygen atoms in total. The van der Waals surface area contributed by atoms with Crippen LogP contribution in [0.2, 0.25) is 13.1 Å². The average molecular weight is 847 g/mol. The maximum atomic E-state index is 5.83. The van der Waals surface area contributed by atoms with Crippen LogP contribution in [0.3, 0.4) is 0 Å². The molecule has 0 saturated carbocycles. The van der Waals surface area contributed by atoms with Gasteiger partial charge in [-0.15, -0.1) is 57.9 Å². The van der Waals surface area contributed by atoms with Crippen LogP contribution in [0.15, 0.2) is 130 Å². The summed E-state index contributed by atoms with van der Waals surface area (Å²) < 4.78 is 11.7. The van der Waals surface area contributed by atoms with E-state index in [9.17, 15) is 0 Å². The summed E-state index contributed by atoms with van der Waals surface area (Å²) in [5, 5.41) is 5.20. The summed E-state index contributed by atoms with van der Waals surface area (Å²) in [6.07, 6.45) is 2.09. The number of aryl methyl sites for hydroxylation is 4. The number of hydrogen-bond acceptors (Lipinski definition) is 2. The van der Waals surface area contributed by atoms with E-state index < -0.39 is 18.0 Å². The quantitative estimate of drug-likeness (QED) is 0.123. The molecule has 6 heteroatoms. The van der Waals surface area contributed by atoms with Gasteiger partial charge < -0.3 is 8.83 Å². The number of rotatable bonds is 6. The molecule has 54 heavy (non-hydrogen) atoms. The Bertz CT molecular complexity index is 2360. The number of hydrogen-bond donors (Lipinski definition) is 0. The van der Waals surface area contributed by atoms with Crippen LogP contribution in [0, 0.1) is 27.7 Å². The monoisotopic (exact) mass is 844 g/mol. The van der Waals surface area contributed by atoms with Crippen molar-refractivity contribution in [2.75, 3.05) is 0 Å². The molecule has 2 aromatic heterocycles. The summed E-state index contributed by atoms with van der Waals surface area (Å²) >= 11 is -1.65. The third-order valence-electron chi connectivity index (χ3n) is 10.1. The zero-order valence-corrected chi connectivity index (χ0v) is 37.5. The van der Waals surface area contributed by atoms with E-state index in [0.717, 1.165) is 47.0 Å². The van der Waals surface area contributed by atoms with Crippen molar-refractivity contribution in [2.45, 2.75) is 67.5 Å². The zero-order valence-electron chi connectivity index (χ0n) is 32.5. The topological polar surface area (TPSA) is 26.3 Å². The molecule has 0 aliphatic heterocycles. The van der Waals surface area contributed by atoms with Crippen LogP contribution in [-0.4, -0.2) is 5.43 Å². The third kappa shape index (κ3) is 8.90. The van der Waals surface area contributed by atoms with Crippen molar-refractivity contribution >= 4 is 44.0 Å². The van der Waals surface area contributed by atoms with Crippen molar-refractivity contribution in [3.05, 3.63) is 155 Å². The fraction of sp³-hybridized carbons (Fsp3) is 0.208. The number of halogens is 2. The molecule has 0 atom stereocenters. The van der Waals surface area contributed by atoms with Gasteiger partial charge in [0.15, 0.2) is 0 Å². The molecule has 8 rings (SSSR count). The van der Waals surface area contributed by atoms with Gasteiger partial charge in [-0.2, -0.15) is 0 Å². The Morgan fingerprint density at radius 1 is 0.556 bits per heavy atom. The van der Waals surface area contributed by atoms with Crippen LogP contribution in [0.25, 0.3) is 66.4 Å². The number of fused-ring (bicyclic) bond motifs is 2. The van der Waals surface area contributed by atoms with Crippen LogP contribution in [0.1, 0.15) is 47.6 Å². The normalized spacial score (nSPS) is 10.9. The molecule has 0 spiro atoms. The van der Waals surface area contributed by atoms with E-state index in [1.807, 2.05) is 26.0 Å². The predicted octanol–water partition coefficient (Wildman–Crippen LogP) is 15.5. The van der Waals surface area contributed by atoms with Crippen molar-refractivity contribution < 1.29 is 26.8 Å². The minimum absolute atomic E-state index is 0.224. The van der Waals surface area contributed by atoms with Crippen LogP contribution in [0.5, 0.6) is 0 Å². The summed E-state index contributed by atoms with van der Waals surface area (Å²) in [4.78, 5) is 0. The molecule has 0 saturated heterocycles. The van der Waals surface area contributed by atoms with Crippen molar-refractivity contribution in [1.82, 2.24) is 0 Å². The Morgan fingerprint density at radius 2 is 0.926 bits per heavy atom. The van der Waals surface area contributed by atoms with Crippen LogP contribution < -0.4 is 0 Å². The summed E-state index contributed by atoms with van der Waals surface area (Å²) in [7, 11) is 11.2. The zero-order chi connectivity index (χ0) is 38.5. The molecule has 0 bridgehead atoms. The van der Waals surface area contributed by atoms with E-state index >= 15 is 0 Å². The summed E-state index contributed by atoms with van der Waals surface area (Å²) in [5.74, 6) is 3.78. The number of benzene rings is 4. The molecule has 0 amide bonds. The summed E-state index contributed by atoms with van der Waals surface area (Å²) in [6.45, 7) is 17.2. The van der Waals surface area contributed by atoms with Crippen molar-refractivity contribution in [2.24, 2.45) is 0 Å². The van der Waals surface area contributed by atoms with Gasteiger partial charge in [-0.1, -0.05) is 108 Å². The first-order chi connectivity index (χ1) is 26.0. The van der Waals surface area contributed by atoms with Crippen molar-refractivity contribution in [1.29, 1.82) is 0 Å². The van der Waals surface area contributed by atoms with Crippen LogP contribution >= 0.6 is 17.0 Å². The van der Waals surface area contributed by atoms with E-state index in [4.69, 9.17) is 25.9 Å². The molecule has 0 fully saturated rings. The van der Waals surface area contributed by atoms with Gasteiger partial charge in [0.25, 0.3) is 0 Å². The second kappa shape index (κ2) is 17.9. The molecule has 0 aliphatic rings. The van der Waals surface area contributed by atoms with E-state index in [1.165, 1.54) is 66.1 Å². The molecule has 0 unspecified atom stereocenters. The third-order valence-corrected chi connectivity index (χ3v) is 29.8. The second-order valence-electron chi connectivity index (χ2n) is 14.1. The Labute approximate surface area is 335 Å². The summed E-state index contributed by atoms with van der Waals surface area (Å²) in [6, 6.07) is 43.2. The molecular formula is C48H48Cl2O2SiZr-2. The molecule has 276 valence electrons. The molecular weight excluding hydrogens is 799 g/mol. The first-order valence-electron chi connectivity index (χ1n) is 18.7. The standard InChI is InChI=1S/2C23H21O.C2H6Si.2ClH.Zr/c2*1-4-17-12-19-13-20(22-11-10-15(2)24-22)14-21(19)23(16(17)3)18-8-6-5-7-9-18;1-3-2;;;/h2*5-14H,4H2,1-3H3;1-2H3;2*1H;/q2*-1;;;;+2/p-2. The first kappa shape index (κ1) is 40.0. The van der Waals surface area contributed by atoms with Gasteiger partial charge in [-0.3, -0.25) is 0 Å². The molecule has 0 N–H and O–H groups in total. The van der Waals surface area contributed by atoms with E-state index in [2.05, 4.69) is 150 Å². The predicted molar refractivity (Wildman–Crippen MR) is 232 cm³/mol. The van der Waals surface area contributed by atoms with Gasteiger partial charge >= 0.3 is 53.5 Å².